The maximum atomic E-state index is 11.5. The number of likely N-dealkylation sites (N-methyl/N-ethyl adjacent to an activating group) is 1. The summed E-state index contributed by atoms with van der Waals surface area (Å²) in [5.41, 5.74) is 6.38. The molecule has 4 heteroatoms. The Kier molecular flexibility index (Phi) is 3.88. The summed E-state index contributed by atoms with van der Waals surface area (Å²) in [6.07, 6.45) is 0. The summed E-state index contributed by atoms with van der Waals surface area (Å²) in [4.78, 5) is 13.1. The summed E-state index contributed by atoms with van der Waals surface area (Å²) < 4.78 is 1.15. The normalized spacial score (nSPS) is 12.3. The lowest BCUT2D eigenvalue weighted by atomic mass is 10.2. The number of hydrogen-bond donors (Lipinski definition) is 1. The monoisotopic (exact) mass is 304 g/mol. The highest BCUT2D eigenvalue weighted by Crippen LogP contribution is 2.15. The molecule has 2 N–H and O–H groups in total. The number of carbonyl (C=O) groups is 1. The molecule has 0 heterocycles. The topological polar surface area (TPSA) is 46.3 Å². The van der Waals surface area contributed by atoms with E-state index < -0.39 is 6.04 Å². The predicted molar refractivity (Wildman–Crippen MR) is 66.2 cm³/mol. The molecule has 1 aromatic carbocycles. The van der Waals surface area contributed by atoms with Crippen LogP contribution < -0.4 is 10.6 Å². The van der Waals surface area contributed by atoms with Gasteiger partial charge in [0.1, 0.15) is 0 Å². The number of amides is 1. The molecular weight excluding hydrogens is 291 g/mol. The van der Waals surface area contributed by atoms with Gasteiger partial charge in [0.15, 0.2) is 0 Å². The third kappa shape index (κ3) is 2.68. The predicted octanol–water partition coefficient (Wildman–Crippen LogP) is 1.60. The number of anilines is 1. The summed E-state index contributed by atoms with van der Waals surface area (Å²) in [7, 11) is 1.73. The fraction of sp³-hybridized carbons (Fsp3) is 0.300. The van der Waals surface area contributed by atoms with Gasteiger partial charge in [0.2, 0.25) is 5.91 Å². The van der Waals surface area contributed by atoms with Gasteiger partial charge in [-0.1, -0.05) is 0 Å². The quantitative estimate of drug-likeness (QED) is 0.844. The molecule has 0 radical (unpaired) electrons. The van der Waals surface area contributed by atoms with Crippen molar-refractivity contribution in [1.29, 1.82) is 0 Å². The highest BCUT2D eigenvalue weighted by atomic mass is 127. The minimum Gasteiger partial charge on any atom is -0.320 e. The van der Waals surface area contributed by atoms with E-state index in [1.165, 1.54) is 0 Å². The Morgan fingerprint density at radius 1 is 1.43 bits per heavy atom. The molecule has 3 nitrogen and oxygen atoms in total. The van der Waals surface area contributed by atoms with Gasteiger partial charge in [0.25, 0.3) is 0 Å². The van der Waals surface area contributed by atoms with Gasteiger partial charge in [-0.2, -0.15) is 0 Å². The lowest BCUT2D eigenvalue weighted by molar-refractivity contribution is -0.119. The average molecular weight is 304 g/mol. The minimum absolute atomic E-state index is 0.0776. The summed E-state index contributed by atoms with van der Waals surface area (Å²) in [5, 5.41) is 0. The van der Waals surface area contributed by atoms with Crippen molar-refractivity contribution in [3.8, 4) is 0 Å². The van der Waals surface area contributed by atoms with Crippen LogP contribution in [0.3, 0.4) is 0 Å². The number of carbonyl (C=O) groups excluding carboxylic acids is 1. The van der Waals surface area contributed by atoms with Crippen LogP contribution in [0.4, 0.5) is 5.69 Å². The molecule has 0 saturated heterocycles. The molecule has 14 heavy (non-hydrogen) atoms. The first-order chi connectivity index (χ1) is 6.52. The molecule has 1 rings (SSSR count). The highest BCUT2D eigenvalue weighted by Gasteiger charge is 2.14. The Morgan fingerprint density at radius 2 is 1.93 bits per heavy atom. The van der Waals surface area contributed by atoms with E-state index in [4.69, 9.17) is 5.73 Å². The molecule has 1 unspecified atom stereocenters. The van der Waals surface area contributed by atoms with Crippen molar-refractivity contribution in [1.82, 2.24) is 0 Å². The number of benzene rings is 1. The zero-order chi connectivity index (χ0) is 10.7. The van der Waals surface area contributed by atoms with E-state index in [9.17, 15) is 4.79 Å². The third-order valence-corrected chi connectivity index (χ3v) is 2.65. The standard InChI is InChI=1S/C10H13IN2O/c1-7(12)10(14)13(2)9-5-3-8(11)4-6-9/h3-7H,12H2,1-2H3. The second-order valence-corrected chi connectivity index (χ2v) is 4.41. The van der Waals surface area contributed by atoms with E-state index in [-0.39, 0.29) is 5.91 Å². The second-order valence-electron chi connectivity index (χ2n) is 3.16. The van der Waals surface area contributed by atoms with Gasteiger partial charge >= 0.3 is 0 Å². The molecule has 0 fully saturated rings. The molecule has 0 spiro atoms. The lowest BCUT2D eigenvalue weighted by Gasteiger charge is -2.19. The van der Waals surface area contributed by atoms with Crippen molar-refractivity contribution in [3.05, 3.63) is 27.8 Å². The van der Waals surface area contributed by atoms with Gasteiger partial charge in [0, 0.05) is 16.3 Å². The van der Waals surface area contributed by atoms with E-state index in [2.05, 4.69) is 22.6 Å². The van der Waals surface area contributed by atoms with Gasteiger partial charge in [-0.15, -0.1) is 0 Å². The lowest BCUT2D eigenvalue weighted by Crippen LogP contribution is -2.39. The van der Waals surface area contributed by atoms with E-state index in [0.29, 0.717) is 0 Å². The van der Waals surface area contributed by atoms with E-state index >= 15 is 0 Å². The zero-order valence-corrected chi connectivity index (χ0v) is 10.4. The number of nitrogens with zero attached hydrogens (tertiary/aromatic N) is 1. The molecule has 0 bridgehead atoms. The molecule has 0 aliphatic carbocycles. The van der Waals surface area contributed by atoms with Crippen LogP contribution in [-0.2, 0) is 4.79 Å². The Morgan fingerprint density at radius 3 is 2.36 bits per heavy atom. The molecule has 76 valence electrons. The number of hydrogen-bond acceptors (Lipinski definition) is 2. The van der Waals surface area contributed by atoms with Crippen LogP contribution in [0.25, 0.3) is 0 Å². The Hall–Kier alpha value is -0.620. The summed E-state index contributed by atoms with van der Waals surface area (Å²) in [6, 6.07) is 7.27. The van der Waals surface area contributed by atoms with Crippen molar-refractivity contribution in [2.24, 2.45) is 5.73 Å². The summed E-state index contributed by atoms with van der Waals surface area (Å²) in [5.74, 6) is -0.0776. The highest BCUT2D eigenvalue weighted by molar-refractivity contribution is 14.1. The first kappa shape index (κ1) is 11.5. The smallest absolute Gasteiger partial charge is 0.243 e. The maximum Gasteiger partial charge on any atom is 0.243 e. The van der Waals surface area contributed by atoms with Crippen LogP contribution in [0, 0.1) is 3.57 Å². The van der Waals surface area contributed by atoms with Gasteiger partial charge in [-0.05, 0) is 53.8 Å². The molecule has 1 amide bonds. The number of rotatable bonds is 2. The zero-order valence-electron chi connectivity index (χ0n) is 8.20. The molecule has 0 aliphatic heterocycles. The molecule has 1 aromatic rings. The Balaban J connectivity index is 2.84. The van der Waals surface area contributed by atoms with Crippen LogP contribution in [-0.4, -0.2) is 19.0 Å². The molecule has 0 aromatic heterocycles. The van der Waals surface area contributed by atoms with Gasteiger partial charge in [-0.25, -0.2) is 0 Å². The maximum absolute atomic E-state index is 11.5. The van der Waals surface area contributed by atoms with Crippen LogP contribution >= 0.6 is 22.6 Å². The SMILES string of the molecule is CC(N)C(=O)N(C)c1ccc(I)cc1. The fourth-order valence-corrected chi connectivity index (χ4v) is 1.46. The van der Waals surface area contributed by atoms with Crippen molar-refractivity contribution in [2.75, 3.05) is 11.9 Å². The third-order valence-electron chi connectivity index (χ3n) is 1.93. The van der Waals surface area contributed by atoms with Crippen LogP contribution in [0.1, 0.15) is 6.92 Å². The first-order valence-electron chi connectivity index (χ1n) is 4.31. The van der Waals surface area contributed by atoms with Crippen molar-refractivity contribution >= 4 is 34.2 Å². The van der Waals surface area contributed by atoms with Crippen LogP contribution in [0.2, 0.25) is 0 Å². The van der Waals surface area contributed by atoms with Crippen molar-refractivity contribution < 1.29 is 4.79 Å². The van der Waals surface area contributed by atoms with Gasteiger partial charge < -0.3 is 10.6 Å². The van der Waals surface area contributed by atoms with E-state index in [1.54, 1.807) is 18.9 Å². The van der Waals surface area contributed by atoms with Gasteiger partial charge in [0.05, 0.1) is 6.04 Å². The minimum atomic E-state index is -0.459. The molecule has 1 atom stereocenters. The number of nitrogens with two attached hydrogens (primary N) is 1. The second kappa shape index (κ2) is 4.75. The summed E-state index contributed by atoms with van der Waals surface area (Å²) in [6.45, 7) is 1.69. The summed E-state index contributed by atoms with van der Waals surface area (Å²) >= 11 is 2.22. The molecule has 0 aliphatic rings. The van der Waals surface area contributed by atoms with Crippen LogP contribution in [0.5, 0.6) is 0 Å². The van der Waals surface area contributed by atoms with E-state index in [1.807, 2.05) is 24.3 Å². The Bertz CT molecular complexity index is 321. The largest absolute Gasteiger partial charge is 0.320 e. The fourth-order valence-electron chi connectivity index (χ4n) is 1.10. The Labute approximate surface area is 97.4 Å². The average Bonchev–Trinajstić information content (AvgIpc) is 2.16. The first-order valence-corrected chi connectivity index (χ1v) is 5.39. The van der Waals surface area contributed by atoms with Gasteiger partial charge in [-0.3, -0.25) is 4.79 Å². The van der Waals surface area contributed by atoms with Crippen LogP contribution in [0.15, 0.2) is 24.3 Å². The van der Waals surface area contributed by atoms with E-state index in [0.717, 1.165) is 9.26 Å². The number of halogens is 1. The van der Waals surface area contributed by atoms with Crippen molar-refractivity contribution in [2.45, 2.75) is 13.0 Å². The molecular formula is C10H13IN2O. The van der Waals surface area contributed by atoms with Crippen molar-refractivity contribution in [3.63, 3.8) is 0 Å². The molecule has 0 saturated carbocycles.